The number of carbonyl (C=O) groups is 1. The molecule has 2 aromatic carbocycles. The fraction of sp³-hybridized carbons (Fsp3) is 0.391. The van der Waals surface area contributed by atoms with Gasteiger partial charge in [0.1, 0.15) is 0 Å². The second-order valence-electron chi connectivity index (χ2n) is 6.99. The normalized spacial score (nSPS) is 10.8. The van der Waals surface area contributed by atoms with Gasteiger partial charge in [-0.3, -0.25) is 4.79 Å². The fourth-order valence-electron chi connectivity index (χ4n) is 2.87. The van der Waals surface area contributed by atoms with Crippen molar-refractivity contribution >= 4 is 47.4 Å². The summed E-state index contributed by atoms with van der Waals surface area (Å²) in [5.74, 6) is 1.80. The minimum absolute atomic E-state index is 0. The molecule has 32 heavy (non-hydrogen) atoms. The first-order valence-corrected chi connectivity index (χ1v) is 10.6. The summed E-state index contributed by atoms with van der Waals surface area (Å²) in [6, 6.07) is 11.2. The van der Waals surface area contributed by atoms with E-state index in [-0.39, 0.29) is 29.9 Å². The minimum Gasteiger partial charge on any atom is -0.493 e. The number of benzene rings is 2. The molecule has 0 saturated heterocycles. The Labute approximate surface area is 212 Å². The van der Waals surface area contributed by atoms with E-state index in [0.717, 1.165) is 17.7 Å². The molecule has 0 saturated carbocycles. The topological polar surface area (TPSA) is 75.2 Å². The molecule has 1 amide bonds. The molecule has 0 aliphatic heterocycles. The van der Waals surface area contributed by atoms with E-state index < -0.39 is 0 Å². The summed E-state index contributed by atoms with van der Waals surface area (Å²) in [5, 5.41) is 7.04. The lowest BCUT2D eigenvalue weighted by molar-refractivity contribution is 0.0827. The van der Waals surface area contributed by atoms with Crippen LogP contribution in [0.3, 0.4) is 0 Å². The van der Waals surface area contributed by atoms with E-state index in [1.165, 1.54) is 0 Å². The van der Waals surface area contributed by atoms with Gasteiger partial charge < -0.3 is 25.0 Å². The Morgan fingerprint density at radius 3 is 2.34 bits per heavy atom. The quantitative estimate of drug-likeness (QED) is 0.265. The Morgan fingerprint density at radius 1 is 1.09 bits per heavy atom. The van der Waals surface area contributed by atoms with Gasteiger partial charge in [0.15, 0.2) is 17.5 Å². The molecule has 0 atom stereocenters. The minimum atomic E-state index is -0.0149. The first-order valence-electron chi connectivity index (χ1n) is 10.2. The lowest BCUT2D eigenvalue weighted by atomic mass is 10.1. The largest absolute Gasteiger partial charge is 0.493 e. The van der Waals surface area contributed by atoms with Crippen molar-refractivity contribution in [1.29, 1.82) is 0 Å². The Hall–Kier alpha value is -2.20. The lowest BCUT2D eigenvalue weighted by Crippen LogP contribution is -2.36. The predicted molar refractivity (Wildman–Crippen MR) is 141 cm³/mol. The molecule has 2 aromatic rings. The summed E-state index contributed by atoms with van der Waals surface area (Å²) in [5.41, 5.74) is 2.62. The highest BCUT2D eigenvalue weighted by Gasteiger charge is 2.12. The molecule has 7 nitrogen and oxygen atoms in total. The molecule has 9 heteroatoms. The molecule has 0 unspecified atom stereocenters. The van der Waals surface area contributed by atoms with Crippen molar-refractivity contribution in [1.82, 2.24) is 15.5 Å². The molecule has 2 rings (SSSR count). The highest BCUT2D eigenvalue weighted by atomic mass is 127. The maximum absolute atomic E-state index is 12.0. The summed E-state index contributed by atoms with van der Waals surface area (Å²) in [4.78, 5) is 18.2. The van der Waals surface area contributed by atoms with Crippen LogP contribution in [0.4, 0.5) is 0 Å². The van der Waals surface area contributed by atoms with E-state index >= 15 is 0 Å². The predicted octanol–water partition coefficient (Wildman–Crippen LogP) is 4.32. The smallest absolute Gasteiger partial charge is 0.253 e. The number of methoxy groups -OCH3 is 1. The Kier molecular flexibility index (Phi) is 12.2. The van der Waals surface area contributed by atoms with E-state index in [4.69, 9.17) is 21.1 Å². The van der Waals surface area contributed by atoms with Gasteiger partial charge >= 0.3 is 0 Å². The van der Waals surface area contributed by atoms with Crippen LogP contribution < -0.4 is 20.1 Å². The number of halogens is 2. The summed E-state index contributed by atoms with van der Waals surface area (Å²) in [7, 11) is 5.07. The highest BCUT2D eigenvalue weighted by molar-refractivity contribution is 14.0. The van der Waals surface area contributed by atoms with Crippen LogP contribution in [0, 0.1) is 0 Å². The molecule has 0 spiro atoms. The van der Waals surface area contributed by atoms with Gasteiger partial charge in [0, 0.05) is 32.7 Å². The summed E-state index contributed by atoms with van der Waals surface area (Å²) >= 11 is 6.35. The number of nitrogens with one attached hydrogen (secondary N) is 2. The molecule has 176 valence electrons. The molecule has 0 aliphatic carbocycles. The first kappa shape index (κ1) is 27.8. The van der Waals surface area contributed by atoms with Crippen LogP contribution in [0.2, 0.25) is 5.02 Å². The molecular formula is C23H32ClIN4O3. The Balaban J connectivity index is 0.00000512. The Morgan fingerprint density at radius 2 is 1.78 bits per heavy atom. The zero-order valence-corrected chi connectivity index (χ0v) is 22.3. The second-order valence-corrected chi connectivity index (χ2v) is 7.39. The standard InChI is InChI=1S/C23H31ClN4O3.HI/c1-6-25-23(26-14-16-8-10-18(11-9-16)22(29)28(3)4)27-15-17-12-19(24)21(31-7-2)20(13-17)30-5;/h8-13H,6-7,14-15H2,1-5H3,(H2,25,26,27);1H. The third kappa shape index (κ3) is 8.05. The number of ether oxygens (including phenoxy) is 2. The van der Waals surface area contributed by atoms with E-state index in [1.54, 1.807) is 26.1 Å². The highest BCUT2D eigenvalue weighted by Crippen LogP contribution is 2.36. The van der Waals surface area contributed by atoms with Crippen LogP contribution in [-0.4, -0.2) is 51.1 Å². The van der Waals surface area contributed by atoms with Crippen molar-refractivity contribution in [2.75, 3.05) is 34.4 Å². The number of carbonyl (C=O) groups excluding carboxylic acids is 1. The maximum Gasteiger partial charge on any atom is 0.253 e. The van der Waals surface area contributed by atoms with Crippen LogP contribution in [0.15, 0.2) is 41.4 Å². The monoisotopic (exact) mass is 574 g/mol. The summed E-state index contributed by atoms with van der Waals surface area (Å²) in [6.07, 6.45) is 0. The number of amides is 1. The average molecular weight is 575 g/mol. The first-order chi connectivity index (χ1) is 14.9. The summed E-state index contributed by atoms with van der Waals surface area (Å²) < 4.78 is 11.0. The van der Waals surface area contributed by atoms with Crippen LogP contribution in [0.25, 0.3) is 0 Å². The van der Waals surface area contributed by atoms with Crippen molar-refractivity contribution in [2.24, 2.45) is 4.99 Å². The van der Waals surface area contributed by atoms with Gasteiger partial charge in [-0.2, -0.15) is 0 Å². The van der Waals surface area contributed by atoms with Crippen molar-refractivity contribution in [3.05, 3.63) is 58.1 Å². The molecule has 0 fully saturated rings. The lowest BCUT2D eigenvalue weighted by Gasteiger charge is -2.14. The van der Waals surface area contributed by atoms with Crippen LogP contribution in [0.1, 0.15) is 35.3 Å². The van der Waals surface area contributed by atoms with Gasteiger partial charge in [0.05, 0.1) is 25.3 Å². The number of guanidine groups is 1. The molecule has 2 N–H and O–H groups in total. The van der Waals surface area contributed by atoms with Crippen LogP contribution in [0.5, 0.6) is 11.5 Å². The summed E-state index contributed by atoms with van der Waals surface area (Å²) in [6.45, 7) is 6.15. The van der Waals surface area contributed by atoms with Gasteiger partial charge in [-0.25, -0.2) is 4.99 Å². The Bertz CT molecular complexity index is 905. The third-order valence-electron chi connectivity index (χ3n) is 4.41. The zero-order valence-electron chi connectivity index (χ0n) is 19.2. The van der Waals surface area contributed by atoms with Gasteiger partial charge in [-0.05, 0) is 49.2 Å². The van der Waals surface area contributed by atoms with Gasteiger partial charge in [0.2, 0.25) is 0 Å². The molecule has 0 aliphatic rings. The SMILES string of the molecule is CCNC(=NCc1cc(Cl)c(OCC)c(OC)c1)NCc1ccc(C(=O)N(C)C)cc1.I. The van der Waals surface area contributed by atoms with E-state index in [1.807, 2.05) is 50.2 Å². The fourth-order valence-corrected chi connectivity index (χ4v) is 3.16. The third-order valence-corrected chi connectivity index (χ3v) is 4.69. The van der Waals surface area contributed by atoms with Crippen molar-refractivity contribution < 1.29 is 14.3 Å². The molecule has 0 bridgehead atoms. The number of aliphatic imine (C=N–C) groups is 1. The average Bonchev–Trinajstić information content (AvgIpc) is 2.77. The second kappa shape index (κ2) is 14.1. The van der Waals surface area contributed by atoms with Gasteiger partial charge in [-0.15, -0.1) is 24.0 Å². The molecule has 0 heterocycles. The van der Waals surface area contributed by atoms with E-state index in [2.05, 4.69) is 15.6 Å². The maximum atomic E-state index is 12.0. The zero-order chi connectivity index (χ0) is 22.8. The molecule has 0 radical (unpaired) electrons. The van der Waals surface area contributed by atoms with Crippen molar-refractivity contribution in [2.45, 2.75) is 26.9 Å². The van der Waals surface area contributed by atoms with Crippen LogP contribution in [-0.2, 0) is 13.1 Å². The molecular weight excluding hydrogens is 543 g/mol. The van der Waals surface area contributed by atoms with Gasteiger partial charge in [-0.1, -0.05) is 23.7 Å². The van der Waals surface area contributed by atoms with Crippen molar-refractivity contribution in [3.8, 4) is 11.5 Å². The number of nitrogens with zero attached hydrogens (tertiary/aromatic N) is 2. The van der Waals surface area contributed by atoms with E-state index in [0.29, 0.717) is 47.7 Å². The van der Waals surface area contributed by atoms with Crippen LogP contribution >= 0.6 is 35.6 Å². The van der Waals surface area contributed by atoms with E-state index in [9.17, 15) is 4.79 Å². The number of hydrogen-bond donors (Lipinski definition) is 2. The number of rotatable bonds is 9. The number of hydrogen-bond acceptors (Lipinski definition) is 4. The van der Waals surface area contributed by atoms with Crippen molar-refractivity contribution in [3.63, 3.8) is 0 Å². The van der Waals surface area contributed by atoms with Gasteiger partial charge in [0.25, 0.3) is 5.91 Å². The molecule has 0 aromatic heterocycles.